The standard InChI is InChI=1S/C11H15NO2/c1-9(14-8-7-11(12)13)10-5-3-2-4-6-10/h2-6,9H,7-8H2,1H3,(H2,12,13). The number of nitrogens with two attached hydrogens (primary N) is 1. The molecule has 76 valence electrons. The molecular weight excluding hydrogens is 178 g/mol. The highest BCUT2D eigenvalue weighted by Gasteiger charge is 2.04. The number of carbonyl (C=O) groups is 1. The molecule has 1 amide bonds. The van der Waals surface area contributed by atoms with Gasteiger partial charge in [0.1, 0.15) is 0 Å². The van der Waals surface area contributed by atoms with E-state index in [4.69, 9.17) is 10.5 Å². The van der Waals surface area contributed by atoms with E-state index >= 15 is 0 Å². The molecule has 0 spiro atoms. The van der Waals surface area contributed by atoms with Crippen LogP contribution in [-0.2, 0) is 9.53 Å². The van der Waals surface area contributed by atoms with Crippen LogP contribution in [0, 0.1) is 0 Å². The Kier molecular flexibility index (Phi) is 4.13. The zero-order valence-corrected chi connectivity index (χ0v) is 8.27. The van der Waals surface area contributed by atoms with Crippen LogP contribution in [0.5, 0.6) is 0 Å². The van der Waals surface area contributed by atoms with Crippen LogP contribution in [-0.4, -0.2) is 12.5 Å². The first-order valence-electron chi connectivity index (χ1n) is 4.65. The minimum absolute atomic E-state index is 0.00977. The lowest BCUT2D eigenvalue weighted by Gasteiger charge is -2.12. The average molecular weight is 193 g/mol. The van der Waals surface area contributed by atoms with Gasteiger partial charge in [0, 0.05) is 6.42 Å². The van der Waals surface area contributed by atoms with Gasteiger partial charge in [0.25, 0.3) is 0 Å². The first kappa shape index (κ1) is 10.7. The van der Waals surface area contributed by atoms with E-state index in [2.05, 4.69) is 0 Å². The van der Waals surface area contributed by atoms with Crippen LogP contribution in [0.1, 0.15) is 25.0 Å². The quantitative estimate of drug-likeness (QED) is 0.772. The van der Waals surface area contributed by atoms with Gasteiger partial charge in [-0.3, -0.25) is 4.79 Å². The molecule has 14 heavy (non-hydrogen) atoms. The van der Waals surface area contributed by atoms with Gasteiger partial charge in [0.15, 0.2) is 0 Å². The summed E-state index contributed by atoms with van der Waals surface area (Å²) < 4.78 is 5.44. The van der Waals surface area contributed by atoms with E-state index in [0.717, 1.165) is 5.56 Å². The second-order valence-corrected chi connectivity index (χ2v) is 3.14. The van der Waals surface area contributed by atoms with Crippen molar-refractivity contribution in [1.82, 2.24) is 0 Å². The number of hydrogen-bond donors (Lipinski definition) is 1. The Labute approximate surface area is 83.9 Å². The summed E-state index contributed by atoms with van der Waals surface area (Å²) in [5.41, 5.74) is 6.11. The first-order valence-corrected chi connectivity index (χ1v) is 4.65. The van der Waals surface area contributed by atoms with Crippen LogP contribution in [0.4, 0.5) is 0 Å². The Hall–Kier alpha value is -1.35. The maximum atomic E-state index is 10.5. The molecule has 0 bridgehead atoms. The second-order valence-electron chi connectivity index (χ2n) is 3.14. The first-order chi connectivity index (χ1) is 6.70. The molecular formula is C11H15NO2. The number of amides is 1. The molecule has 1 aromatic rings. The number of hydrogen-bond acceptors (Lipinski definition) is 2. The Bertz CT molecular complexity index is 285. The third kappa shape index (κ3) is 3.58. The average Bonchev–Trinajstić information content (AvgIpc) is 2.18. The van der Waals surface area contributed by atoms with Gasteiger partial charge in [-0.05, 0) is 12.5 Å². The summed E-state index contributed by atoms with van der Waals surface area (Å²) in [6.07, 6.45) is 0.285. The van der Waals surface area contributed by atoms with Gasteiger partial charge < -0.3 is 10.5 Å². The lowest BCUT2D eigenvalue weighted by Crippen LogP contribution is -2.14. The summed E-state index contributed by atoms with van der Waals surface area (Å²) in [5, 5.41) is 0. The van der Waals surface area contributed by atoms with Crippen LogP contribution in [0.3, 0.4) is 0 Å². The van der Waals surface area contributed by atoms with Gasteiger partial charge in [-0.15, -0.1) is 0 Å². The van der Waals surface area contributed by atoms with Crippen molar-refractivity contribution < 1.29 is 9.53 Å². The minimum atomic E-state index is -0.328. The fourth-order valence-corrected chi connectivity index (χ4v) is 1.16. The topological polar surface area (TPSA) is 52.3 Å². The number of rotatable bonds is 5. The summed E-state index contributed by atoms with van der Waals surface area (Å²) in [6.45, 7) is 2.34. The van der Waals surface area contributed by atoms with Gasteiger partial charge in [0.05, 0.1) is 12.7 Å². The molecule has 0 heterocycles. The largest absolute Gasteiger partial charge is 0.373 e. The summed E-state index contributed by atoms with van der Waals surface area (Å²) in [5.74, 6) is -0.328. The maximum absolute atomic E-state index is 10.5. The van der Waals surface area contributed by atoms with Gasteiger partial charge in [-0.2, -0.15) is 0 Å². The molecule has 0 aromatic heterocycles. The molecule has 0 radical (unpaired) electrons. The lowest BCUT2D eigenvalue weighted by molar-refractivity contribution is -0.119. The molecule has 1 atom stereocenters. The fourth-order valence-electron chi connectivity index (χ4n) is 1.16. The summed E-state index contributed by atoms with van der Waals surface area (Å²) in [6, 6.07) is 9.87. The predicted molar refractivity (Wildman–Crippen MR) is 54.6 cm³/mol. The molecule has 3 heteroatoms. The van der Waals surface area contributed by atoms with E-state index < -0.39 is 0 Å². The Morgan fingerprint density at radius 3 is 2.64 bits per heavy atom. The molecule has 1 aromatic carbocycles. The van der Waals surface area contributed by atoms with Crippen molar-refractivity contribution in [3.8, 4) is 0 Å². The second kappa shape index (κ2) is 5.40. The third-order valence-corrected chi connectivity index (χ3v) is 1.99. The number of primary amides is 1. The highest BCUT2D eigenvalue weighted by molar-refractivity contribution is 5.73. The Morgan fingerprint density at radius 2 is 2.07 bits per heavy atom. The molecule has 0 aliphatic carbocycles. The van der Waals surface area contributed by atoms with Gasteiger partial charge in [-0.1, -0.05) is 30.3 Å². The normalized spacial score (nSPS) is 12.4. The van der Waals surface area contributed by atoms with Crippen molar-refractivity contribution >= 4 is 5.91 Å². The monoisotopic (exact) mass is 193 g/mol. The van der Waals surface area contributed by atoms with Crippen LogP contribution in [0.2, 0.25) is 0 Å². The highest BCUT2D eigenvalue weighted by atomic mass is 16.5. The maximum Gasteiger partial charge on any atom is 0.219 e. The van der Waals surface area contributed by atoms with E-state index in [-0.39, 0.29) is 18.4 Å². The molecule has 0 fully saturated rings. The summed E-state index contributed by atoms with van der Waals surface area (Å²) >= 11 is 0. The van der Waals surface area contributed by atoms with E-state index in [1.165, 1.54) is 0 Å². The third-order valence-electron chi connectivity index (χ3n) is 1.99. The van der Waals surface area contributed by atoms with Crippen molar-refractivity contribution in [3.05, 3.63) is 35.9 Å². The van der Waals surface area contributed by atoms with E-state index in [1.54, 1.807) is 0 Å². The van der Waals surface area contributed by atoms with Crippen molar-refractivity contribution in [2.24, 2.45) is 5.73 Å². The van der Waals surface area contributed by atoms with E-state index in [1.807, 2.05) is 37.3 Å². The zero-order valence-electron chi connectivity index (χ0n) is 8.27. The molecule has 0 saturated heterocycles. The smallest absolute Gasteiger partial charge is 0.219 e. The number of benzene rings is 1. The predicted octanol–water partition coefficient (Wildman–Crippen LogP) is 1.64. The molecule has 1 rings (SSSR count). The van der Waals surface area contributed by atoms with Crippen molar-refractivity contribution in [2.45, 2.75) is 19.4 Å². The van der Waals surface area contributed by atoms with Crippen LogP contribution >= 0.6 is 0 Å². The van der Waals surface area contributed by atoms with Crippen molar-refractivity contribution in [2.75, 3.05) is 6.61 Å². The number of carbonyl (C=O) groups excluding carboxylic acids is 1. The van der Waals surface area contributed by atoms with Gasteiger partial charge >= 0.3 is 0 Å². The molecule has 0 aliphatic rings. The fraction of sp³-hybridized carbons (Fsp3) is 0.364. The zero-order chi connectivity index (χ0) is 10.4. The molecule has 3 nitrogen and oxygen atoms in total. The number of ether oxygens (including phenoxy) is 1. The molecule has 2 N–H and O–H groups in total. The van der Waals surface area contributed by atoms with Crippen LogP contribution < -0.4 is 5.73 Å². The minimum Gasteiger partial charge on any atom is -0.373 e. The van der Waals surface area contributed by atoms with Crippen LogP contribution in [0.25, 0.3) is 0 Å². The van der Waals surface area contributed by atoms with Gasteiger partial charge in [-0.25, -0.2) is 0 Å². The van der Waals surface area contributed by atoms with Crippen molar-refractivity contribution in [3.63, 3.8) is 0 Å². The summed E-state index contributed by atoms with van der Waals surface area (Å²) in [7, 11) is 0. The van der Waals surface area contributed by atoms with Crippen LogP contribution in [0.15, 0.2) is 30.3 Å². The SMILES string of the molecule is CC(OCCC(N)=O)c1ccccc1. The van der Waals surface area contributed by atoms with E-state index in [9.17, 15) is 4.79 Å². The Morgan fingerprint density at radius 1 is 1.43 bits per heavy atom. The van der Waals surface area contributed by atoms with E-state index in [0.29, 0.717) is 6.61 Å². The molecule has 0 aliphatic heterocycles. The summed E-state index contributed by atoms with van der Waals surface area (Å²) in [4.78, 5) is 10.5. The molecule has 0 saturated carbocycles. The molecule has 1 unspecified atom stereocenters. The highest BCUT2D eigenvalue weighted by Crippen LogP contribution is 2.15. The van der Waals surface area contributed by atoms with Crippen molar-refractivity contribution in [1.29, 1.82) is 0 Å². The Balaban J connectivity index is 2.36. The van der Waals surface area contributed by atoms with Gasteiger partial charge in [0.2, 0.25) is 5.91 Å². The lowest BCUT2D eigenvalue weighted by atomic mass is 10.1.